The molecule has 0 unspecified atom stereocenters. The molecule has 0 spiro atoms. The third kappa shape index (κ3) is 4.53. The van der Waals surface area contributed by atoms with Crippen LogP contribution in [-0.2, 0) is 14.8 Å². The first kappa shape index (κ1) is 22.0. The molecule has 2 aromatic carbocycles. The Morgan fingerprint density at radius 2 is 1.97 bits per heavy atom. The van der Waals surface area contributed by atoms with Gasteiger partial charge in [-0.2, -0.15) is 0 Å². The number of ether oxygens (including phenoxy) is 1. The Hall–Kier alpha value is -3.17. The van der Waals surface area contributed by atoms with Gasteiger partial charge in [-0.3, -0.25) is 4.79 Å². The van der Waals surface area contributed by atoms with E-state index in [9.17, 15) is 13.2 Å². The molecule has 4 rings (SSSR count). The van der Waals surface area contributed by atoms with Crippen LogP contribution in [0.4, 0.5) is 0 Å². The van der Waals surface area contributed by atoms with E-state index in [4.69, 9.17) is 9.15 Å². The van der Waals surface area contributed by atoms with Crippen molar-refractivity contribution < 1.29 is 22.4 Å². The minimum atomic E-state index is -3.68. The number of nitrogens with one attached hydrogen (secondary N) is 1. The molecule has 168 valence electrons. The summed E-state index contributed by atoms with van der Waals surface area (Å²) in [6, 6.07) is 12.4. The number of aromatic nitrogens is 1. The van der Waals surface area contributed by atoms with Gasteiger partial charge in [-0.1, -0.05) is 18.2 Å². The molecule has 0 bridgehead atoms. The lowest BCUT2D eigenvalue weighted by molar-refractivity contribution is -0.127. The summed E-state index contributed by atoms with van der Waals surface area (Å²) >= 11 is 0. The van der Waals surface area contributed by atoms with Crippen LogP contribution in [0.2, 0.25) is 0 Å². The average Bonchev–Trinajstić information content (AvgIpc) is 3.27. The van der Waals surface area contributed by atoms with Gasteiger partial charge < -0.3 is 14.1 Å². The van der Waals surface area contributed by atoms with Crippen molar-refractivity contribution in [2.24, 2.45) is 0 Å². The molecule has 3 aromatic rings. The van der Waals surface area contributed by atoms with Gasteiger partial charge in [0.1, 0.15) is 16.2 Å². The van der Waals surface area contributed by atoms with Gasteiger partial charge in [-0.15, -0.1) is 0 Å². The topological polar surface area (TPSA) is 102 Å². The number of carbonyl (C=O) groups excluding carboxylic acids is 1. The van der Waals surface area contributed by atoms with Crippen LogP contribution in [0.5, 0.6) is 5.75 Å². The third-order valence-corrected chi connectivity index (χ3v) is 7.07. The van der Waals surface area contributed by atoms with Gasteiger partial charge in [0.15, 0.2) is 11.5 Å². The van der Waals surface area contributed by atoms with Crippen LogP contribution in [0, 0.1) is 0 Å². The van der Waals surface area contributed by atoms with Crippen molar-refractivity contribution in [3.63, 3.8) is 0 Å². The van der Waals surface area contributed by atoms with E-state index in [1.54, 1.807) is 23.1 Å². The van der Waals surface area contributed by atoms with E-state index in [0.717, 1.165) is 29.8 Å². The molecule has 0 radical (unpaired) electrons. The van der Waals surface area contributed by atoms with Crippen LogP contribution in [0.15, 0.2) is 57.9 Å². The molecule has 1 aromatic heterocycles. The number of carbonyl (C=O) groups is 1. The molecule has 2 heterocycles. The molecule has 1 aliphatic rings. The van der Waals surface area contributed by atoms with Crippen molar-refractivity contribution in [3.8, 4) is 5.75 Å². The molecular formula is C23H25N3O5S. The summed E-state index contributed by atoms with van der Waals surface area (Å²) in [5, 5.41) is 0. The second-order valence-corrected chi connectivity index (χ2v) is 9.43. The van der Waals surface area contributed by atoms with E-state index in [2.05, 4.69) is 9.71 Å². The largest absolute Gasteiger partial charge is 0.495 e. The Morgan fingerprint density at radius 3 is 2.66 bits per heavy atom. The zero-order valence-corrected chi connectivity index (χ0v) is 18.8. The van der Waals surface area contributed by atoms with Crippen molar-refractivity contribution in [3.05, 3.63) is 60.0 Å². The fourth-order valence-corrected chi connectivity index (χ4v) is 4.73. The van der Waals surface area contributed by atoms with Gasteiger partial charge in [0.2, 0.25) is 15.9 Å². The fourth-order valence-electron chi connectivity index (χ4n) is 3.80. The minimum absolute atomic E-state index is 0.0243. The van der Waals surface area contributed by atoms with Gasteiger partial charge in [-0.05, 0) is 55.8 Å². The summed E-state index contributed by atoms with van der Waals surface area (Å²) in [6.07, 6.45) is 4.64. The van der Waals surface area contributed by atoms with Crippen molar-refractivity contribution >= 4 is 33.1 Å². The SMILES string of the molecule is CNS(=O)(=O)c1cc(/C=C/C(=O)N2CCC(c3nc4ccccc4o3)CC2)ccc1OC. The standard InChI is InChI=1S/C23H25N3O5S/c1-24-32(28,29)21-15-16(7-9-20(21)30-2)8-10-22(27)26-13-11-17(12-14-26)23-25-18-5-3-4-6-19(18)31-23/h3-10,15,17,24H,11-14H2,1-2H3/b10-8+. The number of likely N-dealkylation sites (tertiary alicyclic amines) is 1. The summed E-state index contributed by atoms with van der Waals surface area (Å²) < 4.78 is 37.7. The summed E-state index contributed by atoms with van der Waals surface area (Å²) in [6.45, 7) is 1.21. The van der Waals surface area contributed by atoms with E-state index in [-0.39, 0.29) is 22.5 Å². The normalized spacial score (nSPS) is 15.5. The number of para-hydroxylation sites is 2. The number of piperidine rings is 1. The highest BCUT2D eigenvalue weighted by Crippen LogP contribution is 2.30. The monoisotopic (exact) mass is 455 g/mol. The number of nitrogens with zero attached hydrogens (tertiary/aromatic N) is 2. The molecule has 0 saturated carbocycles. The molecule has 0 aliphatic carbocycles. The summed E-state index contributed by atoms with van der Waals surface area (Å²) in [5.74, 6) is 1.04. The second kappa shape index (κ2) is 9.13. The van der Waals surface area contributed by atoms with Crippen LogP contribution in [0.3, 0.4) is 0 Å². The van der Waals surface area contributed by atoms with E-state index in [1.807, 2.05) is 24.3 Å². The highest BCUT2D eigenvalue weighted by molar-refractivity contribution is 7.89. The smallest absolute Gasteiger partial charge is 0.246 e. The van der Waals surface area contributed by atoms with E-state index < -0.39 is 10.0 Å². The van der Waals surface area contributed by atoms with Gasteiger partial charge in [-0.25, -0.2) is 18.1 Å². The summed E-state index contributed by atoms with van der Waals surface area (Å²) in [5.41, 5.74) is 2.22. The lowest BCUT2D eigenvalue weighted by Gasteiger charge is -2.29. The third-order valence-electron chi connectivity index (χ3n) is 5.63. The van der Waals surface area contributed by atoms with Crippen LogP contribution in [0.1, 0.15) is 30.2 Å². The number of hydrogen-bond acceptors (Lipinski definition) is 6. The number of sulfonamides is 1. The van der Waals surface area contributed by atoms with Crippen LogP contribution in [-0.4, -0.2) is 51.5 Å². The highest BCUT2D eigenvalue weighted by atomic mass is 32.2. The molecule has 1 aliphatic heterocycles. The molecule has 1 N–H and O–H groups in total. The van der Waals surface area contributed by atoms with Crippen LogP contribution < -0.4 is 9.46 Å². The molecule has 1 fully saturated rings. The number of benzene rings is 2. The van der Waals surface area contributed by atoms with Gasteiger partial charge in [0.25, 0.3) is 0 Å². The van der Waals surface area contributed by atoms with Crippen molar-refractivity contribution in [1.82, 2.24) is 14.6 Å². The molecule has 0 atom stereocenters. The van der Waals surface area contributed by atoms with Gasteiger partial charge >= 0.3 is 0 Å². The van der Waals surface area contributed by atoms with E-state index in [0.29, 0.717) is 18.7 Å². The zero-order chi connectivity index (χ0) is 22.7. The lowest BCUT2D eigenvalue weighted by atomic mass is 9.96. The van der Waals surface area contributed by atoms with Crippen molar-refractivity contribution in [2.75, 3.05) is 27.2 Å². The molecule has 9 heteroatoms. The molecule has 8 nitrogen and oxygen atoms in total. The Balaban J connectivity index is 1.41. The Bertz CT molecular complexity index is 1220. The Labute approximate surface area is 186 Å². The Kier molecular flexibility index (Phi) is 6.29. The molecule has 1 saturated heterocycles. The maximum absolute atomic E-state index is 12.7. The maximum Gasteiger partial charge on any atom is 0.246 e. The number of methoxy groups -OCH3 is 1. The first-order valence-corrected chi connectivity index (χ1v) is 11.8. The van der Waals surface area contributed by atoms with Crippen molar-refractivity contribution in [1.29, 1.82) is 0 Å². The Morgan fingerprint density at radius 1 is 1.22 bits per heavy atom. The predicted octanol–water partition coefficient (Wildman–Crippen LogP) is 3.16. The summed E-state index contributed by atoms with van der Waals surface area (Å²) in [7, 11) is -0.935. The van der Waals surface area contributed by atoms with E-state index >= 15 is 0 Å². The van der Waals surface area contributed by atoms with Crippen LogP contribution in [0.25, 0.3) is 17.2 Å². The number of oxazole rings is 1. The first-order valence-electron chi connectivity index (χ1n) is 10.4. The first-order chi connectivity index (χ1) is 15.4. The number of fused-ring (bicyclic) bond motifs is 1. The number of amides is 1. The summed E-state index contributed by atoms with van der Waals surface area (Å²) in [4.78, 5) is 19.1. The predicted molar refractivity (Wildman–Crippen MR) is 121 cm³/mol. The molecular weight excluding hydrogens is 430 g/mol. The molecule has 32 heavy (non-hydrogen) atoms. The highest BCUT2D eigenvalue weighted by Gasteiger charge is 2.26. The van der Waals surface area contributed by atoms with Gasteiger partial charge in [0, 0.05) is 25.1 Å². The van der Waals surface area contributed by atoms with E-state index in [1.165, 1.54) is 26.3 Å². The maximum atomic E-state index is 12.7. The number of rotatable bonds is 6. The average molecular weight is 456 g/mol. The van der Waals surface area contributed by atoms with Crippen LogP contribution >= 0.6 is 0 Å². The zero-order valence-electron chi connectivity index (χ0n) is 17.9. The van der Waals surface area contributed by atoms with Crippen molar-refractivity contribution in [2.45, 2.75) is 23.7 Å². The van der Waals surface area contributed by atoms with Gasteiger partial charge in [0.05, 0.1) is 7.11 Å². The second-order valence-electron chi connectivity index (χ2n) is 7.57. The fraction of sp³-hybridized carbons (Fsp3) is 0.304. The minimum Gasteiger partial charge on any atom is -0.495 e. The number of hydrogen-bond donors (Lipinski definition) is 1. The quantitative estimate of drug-likeness (QED) is 0.573. The lowest BCUT2D eigenvalue weighted by Crippen LogP contribution is -2.36. The molecule has 1 amide bonds.